The first-order valence-corrected chi connectivity index (χ1v) is 9.19. The molecule has 1 heterocycles. The van der Waals surface area contributed by atoms with Gasteiger partial charge in [-0.15, -0.1) is 0 Å². The minimum atomic E-state index is -0.426. The van der Waals surface area contributed by atoms with Gasteiger partial charge in [0.25, 0.3) is 5.91 Å². The fourth-order valence-corrected chi connectivity index (χ4v) is 3.47. The van der Waals surface area contributed by atoms with E-state index in [1.807, 2.05) is 12.1 Å². The lowest BCUT2D eigenvalue weighted by Gasteiger charge is -2.30. The molecule has 0 aliphatic carbocycles. The Morgan fingerprint density at radius 3 is 2.58 bits per heavy atom. The van der Waals surface area contributed by atoms with Gasteiger partial charge in [-0.25, -0.2) is 0 Å². The third-order valence-corrected chi connectivity index (χ3v) is 5.07. The van der Waals surface area contributed by atoms with E-state index in [9.17, 15) is 4.79 Å². The van der Waals surface area contributed by atoms with Gasteiger partial charge in [0.05, 0.1) is 21.7 Å². The molecule has 0 fully saturated rings. The average molecular weight is 427 g/mol. The molecule has 1 aliphatic rings. The molecule has 1 amide bonds. The fraction of sp³-hybridized carbons (Fsp3) is 0.111. The molecule has 134 valence electrons. The second kappa shape index (κ2) is 7.84. The highest BCUT2D eigenvalue weighted by Gasteiger charge is 2.30. The summed E-state index contributed by atoms with van der Waals surface area (Å²) in [6.07, 6.45) is 0. The first-order valence-electron chi connectivity index (χ1n) is 7.65. The molecular weight excluding hydrogens is 413 g/mol. The Labute approximate surface area is 171 Å². The van der Waals surface area contributed by atoms with E-state index in [0.29, 0.717) is 37.1 Å². The Bertz CT molecular complexity index is 930. The summed E-state index contributed by atoms with van der Waals surface area (Å²) in [4.78, 5) is 12.9. The Morgan fingerprint density at radius 1 is 1.12 bits per heavy atom. The van der Waals surface area contributed by atoms with Crippen LogP contribution in [0.15, 0.2) is 53.7 Å². The van der Waals surface area contributed by atoms with Gasteiger partial charge in [-0.2, -0.15) is 0 Å². The fourth-order valence-electron chi connectivity index (χ4n) is 2.70. The second-order valence-corrected chi connectivity index (χ2v) is 7.37. The summed E-state index contributed by atoms with van der Waals surface area (Å²) in [5.74, 6) is -0.284. The highest BCUT2D eigenvalue weighted by molar-refractivity contribution is 7.80. The van der Waals surface area contributed by atoms with Crippen LogP contribution < -0.4 is 16.0 Å². The topological polar surface area (TPSA) is 53.2 Å². The molecule has 0 saturated heterocycles. The molecule has 1 atom stereocenters. The summed E-state index contributed by atoms with van der Waals surface area (Å²) in [5.41, 5.74) is 2.55. The number of carbonyl (C=O) groups is 1. The van der Waals surface area contributed by atoms with E-state index in [-0.39, 0.29) is 5.91 Å². The van der Waals surface area contributed by atoms with Crippen LogP contribution in [-0.4, -0.2) is 11.0 Å². The monoisotopic (exact) mass is 425 g/mol. The van der Waals surface area contributed by atoms with Gasteiger partial charge < -0.3 is 16.0 Å². The quantitative estimate of drug-likeness (QED) is 0.599. The molecule has 2 aromatic carbocycles. The highest BCUT2D eigenvalue weighted by atomic mass is 35.5. The van der Waals surface area contributed by atoms with E-state index in [2.05, 4.69) is 16.0 Å². The number of hydrogen-bond donors (Lipinski definition) is 3. The molecule has 8 heteroatoms. The summed E-state index contributed by atoms with van der Waals surface area (Å²) in [5, 5.41) is 10.8. The van der Waals surface area contributed by atoms with Gasteiger partial charge in [-0.1, -0.05) is 46.9 Å². The van der Waals surface area contributed by atoms with Gasteiger partial charge in [0.15, 0.2) is 5.11 Å². The van der Waals surface area contributed by atoms with Crippen LogP contribution in [-0.2, 0) is 4.79 Å². The van der Waals surface area contributed by atoms with E-state index in [1.165, 1.54) is 0 Å². The van der Waals surface area contributed by atoms with Crippen molar-refractivity contribution in [2.75, 3.05) is 5.32 Å². The molecule has 26 heavy (non-hydrogen) atoms. The number of hydrogen-bond acceptors (Lipinski definition) is 2. The van der Waals surface area contributed by atoms with Crippen LogP contribution in [0.25, 0.3) is 0 Å². The van der Waals surface area contributed by atoms with Crippen LogP contribution in [0, 0.1) is 0 Å². The highest BCUT2D eigenvalue weighted by Crippen LogP contribution is 2.30. The lowest BCUT2D eigenvalue weighted by molar-refractivity contribution is -0.113. The first kappa shape index (κ1) is 19.0. The van der Waals surface area contributed by atoms with E-state index in [1.54, 1.807) is 37.3 Å². The number of allylic oxidation sites excluding steroid dienone is 1. The van der Waals surface area contributed by atoms with Crippen LogP contribution in [0.3, 0.4) is 0 Å². The summed E-state index contributed by atoms with van der Waals surface area (Å²) >= 11 is 23.3. The smallest absolute Gasteiger partial charge is 0.255 e. The summed E-state index contributed by atoms with van der Waals surface area (Å²) < 4.78 is 0. The van der Waals surface area contributed by atoms with Crippen LogP contribution in [0.1, 0.15) is 18.5 Å². The number of carbonyl (C=O) groups excluding carboxylic acids is 1. The normalized spacial score (nSPS) is 16.8. The van der Waals surface area contributed by atoms with Crippen molar-refractivity contribution >= 4 is 63.7 Å². The Kier molecular flexibility index (Phi) is 5.73. The molecule has 0 spiro atoms. The number of halogens is 3. The predicted molar refractivity (Wildman–Crippen MR) is 111 cm³/mol. The maximum atomic E-state index is 12.9. The van der Waals surface area contributed by atoms with Crippen LogP contribution in [0.2, 0.25) is 15.1 Å². The lowest BCUT2D eigenvalue weighted by atomic mass is 9.95. The van der Waals surface area contributed by atoms with E-state index < -0.39 is 6.04 Å². The van der Waals surface area contributed by atoms with Gasteiger partial charge >= 0.3 is 0 Å². The van der Waals surface area contributed by atoms with Crippen molar-refractivity contribution < 1.29 is 4.79 Å². The van der Waals surface area contributed by atoms with Crippen molar-refractivity contribution in [3.63, 3.8) is 0 Å². The maximum absolute atomic E-state index is 12.9. The molecule has 0 saturated carbocycles. The summed E-state index contributed by atoms with van der Waals surface area (Å²) in [6.45, 7) is 1.80. The van der Waals surface area contributed by atoms with Crippen molar-refractivity contribution in [1.82, 2.24) is 10.6 Å². The van der Waals surface area contributed by atoms with Crippen molar-refractivity contribution in [2.45, 2.75) is 13.0 Å². The zero-order valence-corrected chi connectivity index (χ0v) is 16.7. The predicted octanol–water partition coefficient (Wildman–Crippen LogP) is 5.08. The molecule has 4 nitrogen and oxygen atoms in total. The lowest BCUT2D eigenvalue weighted by Crippen LogP contribution is -2.45. The number of rotatable bonds is 3. The third-order valence-electron chi connectivity index (χ3n) is 3.87. The SMILES string of the molecule is CC1=C(C(=O)Nc2ccc(Cl)c(Cl)c2)C(c2cccc(Cl)c2)NC(=S)N1. The second-order valence-electron chi connectivity index (χ2n) is 5.71. The van der Waals surface area contributed by atoms with E-state index in [4.69, 9.17) is 47.0 Å². The summed E-state index contributed by atoms with van der Waals surface area (Å²) in [7, 11) is 0. The molecule has 2 aromatic rings. The number of benzene rings is 2. The molecule has 0 aromatic heterocycles. The zero-order valence-electron chi connectivity index (χ0n) is 13.6. The van der Waals surface area contributed by atoms with Crippen molar-refractivity contribution in [1.29, 1.82) is 0 Å². The Morgan fingerprint density at radius 2 is 1.88 bits per heavy atom. The Balaban J connectivity index is 1.95. The number of thiocarbonyl (C=S) groups is 1. The largest absolute Gasteiger partial charge is 0.351 e. The molecular formula is C18H14Cl3N3OS. The van der Waals surface area contributed by atoms with Gasteiger partial charge in [0.2, 0.25) is 0 Å². The van der Waals surface area contributed by atoms with Crippen molar-refractivity contribution in [2.24, 2.45) is 0 Å². The molecule has 3 rings (SSSR count). The molecule has 1 aliphatic heterocycles. The molecule has 3 N–H and O–H groups in total. The van der Waals surface area contributed by atoms with Crippen molar-refractivity contribution in [3.05, 3.63) is 74.4 Å². The van der Waals surface area contributed by atoms with Gasteiger partial charge in [-0.3, -0.25) is 4.79 Å². The van der Waals surface area contributed by atoms with Crippen LogP contribution >= 0.6 is 47.0 Å². The van der Waals surface area contributed by atoms with Crippen molar-refractivity contribution in [3.8, 4) is 0 Å². The third kappa shape index (κ3) is 4.13. The molecule has 0 radical (unpaired) electrons. The number of nitrogens with one attached hydrogen (secondary N) is 3. The first-order chi connectivity index (χ1) is 12.3. The van der Waals surface area contributed by atoms with Crippen LogP contribution in [0.5, 0.6) is 0 Å². The van der Waals surface area contributed by atoms with Gasteiger partial charge in [0.1, 0.15) is 0 Å². The zero-order chi connectivity index (χ0) is 18.8. The minimum absolute atomic E-state index is 0.284. The minimum Gasteiger partial charge on any atom is -0.351 e. The number of amides is 1. The Hall–Kier alpha value is -1.79. The maximum Gasteiger partial charge on any atom is 0.255 e. The van der Waals surface area contributed by atoms with Crippen LogP contribution in [0.4, 0.5) is 5.69 Å². The van der Waals surface area contributed by atoms with Gasteiger partial charge in [0, 0.05) is 16.4 Å². The average Bonchev–Trinajstić information content (AvgIpc) is 2.57. The molecule has 1 unspecified atom stereocenters. The van der Waals surface area contributed by atoms with Gasteiger partial charge in [-0.05, 0) is 55.0 Å². The summed E-state index contributed by atoms with van der Waals surface area (Å²) in [6, 6.07) is 11.8. The van der Waals surface area contributed by atoms with E-state index >= 15 is 0 Å². The van der Waals surface area contributed by atoms with E-state index in [0.717, 1.165) is 5.56 Å². The standard InChI is InChI=1S/C18H14Cl3N3OS/c1-9-15(17(25)23-12-5-6-13(20)14(21)8-12)16(24-18(26)22-9)10-3-2-4-11(19)7-10/h2-8,16H,1H3,(H,23,25)(H2,22,24,26). The molecule has 0 bridgehead atoms. The number of anilines is 1.